The number of hydrogen-bond acceptors (Lipinski definition) is 4. The number of nitrogens with one attached hydrogen (secondary N) is 2. The molecule has 1 unspecified atom stereocenters. The Morgan fingerprint density at radius 1 is 1.03 bits per heavy atom. The maximum Gasteiger partial charge on any atom is 0.255 e. The van der Waals surface area contributed by atoms with Crippen molar-refractivity contribution in [2.45, 2.75) is 31.3 Å². The fourth-order valence-electron chi connectivity index (χ4n) is 3.80. The van der Waals surface area contributed by atoms with Crippen molar-refractivity contribution in [1.29, 1.82) is 0 Å². The second-order valence-electron chi connectivity index (χ2n) is 7.48. The third-order valence-corrected chi connectivity index (χ3v) is 5.41. The lowest BCUT2D eigenvalue weighted by Crippen LogP contribution is -2.30. The molecule has 0 fully saturated rings. The van der Waals surface area contributed by atoms with Crippen LogP contribution in [0.4, 0.5) is 5.69 Å². The fraction of sp³-hybridized carbons (Fsp3) is 0.208. The van der Waals surface area contributed by atoms with Crippen molar-refractivity contribution in [3.63, 3.8) is 0 Å². The van der Waals surface area contributed by atoms with E-state index in [4.69, 9.17) is 5.73 Å². The average molecular weight is 400 g/mol. The van der Waals surface area contributed by atoms with E-state index in [1.165, 1.54) is 11.1 Å². The van der Waals surface area contributed by atoms with Gasteiger partial charge in [0.2, 0.25) is 5.91 Å². The van der Waals surface area contributed by atoms with Crippen LogP contribution in [0.15, 0.2) is 73.1 Å². The summed E-state index contributed by atoms with van der Waals surface area (Å²) in [6, 6.07) is 18.3. The first kappa shape index (κ1) is 19.8. The summed E-state index contributed by atoms with van der Waals surface area (Å²) >= 11 is 0. The summed E-state index contributed by atoms with van der Waals surface area (Å²) in [5, 5.41) is 5.92. The summed E-state index contributed by atoms with van der Waals surface area (Å²) in [5.74, 6) is -0.275. The second-order valence-corrected chi connectivity index (χ2v) is 7.48. The molecule has 6 heteroatoms. The molecule has 1 aliphatic rings. The lowest BCUT2D eigenvalue weighted by atomic mass is 10.0. The van der Waals surface area contributed by atoms with Crippen LogP contribution in [-0.4, -0.2) is 16.8 Å². The molecule has 2 aromatic carbocycles. The number of carbonyl (C=O) groups excluding carboxylic acids is 2. The van der Waals surface area contributed by atoms with Gasteiger partial charge in [-0.25, -0.2) is 0 Å². The van der Waals surface area contributed by atoms with Crippen LogP contribution >= 0.6 is 0 Å². The maximum absolute atomic E-state index is 12.5. The Hall–Kier alpha value is -3.51. The highest BCUT2D eigenvalue weighted by Crippen LogP contribution is 2.31. The highest BCUT2D eigenvalue weighted by atomic mass is 16.2. The topological polar surface area (TPSA) is 97.1 Å². The Morgan fingerprint density at radius 3 is 2.53 bits per heavy atom. The van der Waals surface area contributed by atoms with E-state index < -0.39 is 6.04 Å². The molecule has 4 rings (SSSR count). The van der Waals surface area contributed by atoms with Crippen molar-refractivity contribution in [3.8, 4) is 0 Å². The van der Waals surface area contributed by atoms with Gasteiger partial charge in [0, 0.05) is 36.1 Å². The lowest BCUT2D eigenvalue weighted by molar-refractivity contribution is -0.122. The average Bonchev–Trinajstić information content (AvgIpc) is 3.17. The number of nitrogens with zero attached hydrogens (tertiary/aromatic N) is 1. The minimum Gasteiger partial charge on any atom is -0.349 e. The van der Waals surface area contributed by atoms with Gasteiger partial charge in [-0.3, -0.25) is 14.6 Å². The molecule has 0 saturated heterocycles. The van der Waals surface area contributed by atoms with Crippen molar-refractivity contribution in [3.05, 3.63) is 95.3 Å². The van der Waals surface area contributed by atoms with Gasteiger partial charge in [-0.15, -0.1) is 0 Å². The Balaban J connectivity index is 1.33. The Bertz CT molecular complexity index is 1030. The molecule has 0 aliphatic heterocycles. The third kappa shape index (κ3) is 4.55. The van der Waals surface area contributed by atoms with Gasteiger partial charge in [0.05, 0.1) is 6.04 Å². The van der Waals surface area contributed by atoms with Crippen LogP contribution in [0, 0.1) is 0 Å². The molecular weight excluding hydrogens is 376 g/mol. The number of amides is 2. The second kappa shape index (κ2) is 8.88. The van der Waals surface area contributed by atoms with Gasteiger partial charge in [0.1, 0.15) is 0 Å². The van der Waals surface area contributed by atoms with Crippen molar-refractivity contribution >= 4 is 17.5 Å². The van der Waals surface area contributed by atoms with Gasteiger partial charge in [0.25, 0.3) is 5.91 Å². The molecule has 1 aliphatic carbocycles. The predicted molar refractivity (Wildman–Crippen MR) is 116 cm³/mol. The summed E-state index contributed by atoms with van der Waals surface area (Å²) in [7, 11) is 0. The number of aryl methyl sites for hydroxylation is 1. The number of benzene rings is 2. The van der Waals surface area contributed by atoms with Gasteiger partial charge in [0.15, 0.2) is 0 Å². The molecular formula is C24H24N4O2. The van der Waals surface area contributed by atoms with E-state index in [-0.39, 0.29) is 24.3 Å². The first-order valence-corrected chi connectivity index (χ1v) is 10.0. The van der Waals surface area contributed by atoms with E-state index in [9.17, 15) is 9.59 Å². The standard InChI is InChI=1S/C24H24N4O2/c25-21(15-23(29)28-22-10-9-16-3-1-2-4-20(16)22)17-5-7-18(8-6-17)24(30)27-19-11-13-26-14-12-19/h1-8,11-14,21-22H,9-10,15,25H2,(H,28,29)(H,26,27,30)/t21?,22-/m1/s1. The summed E-state index contributed by atoms with van der Waals surface area (Å²) in [6.07, 6.45) is 5.33. The van der Waals surface area contributed by atoms with Gasteiger partial charge in [-0.1, -0.05) is 36.4 Å². The minimum absolute atomic E-state index is 0.0557. The van der Waals surface area contributed by atoms with Gasteiger partial charge >= 0.3 is 0 Å². The zero-order valence-corrected chi connectivity index (χ0v) is 16.5. The minimum atomic E-state index is -0.432. The normalized spacial score (nSPS) is 15.8. The molecule has 1 aromatic heterocycles. The van der Waals surface area contributed by atoms with Gasteiger partial charge < -0.3 is 16.4 Å². The van der Waals surface area contributed by atoms with E-state index >= 15 is 0 Å². The molecule has 4 N–H and O–H groups in total. The summed E-state index contributed by atoms with van der Waals surface area (Å²) in [5.41, 5.74) is 10.8. The van der Waals surface area contributed by atoms with Crippen LogP contribution in [-0.2, 0) is 11.2 Å². The highest BCUT2D eigenvalue weighted by Gasteiger charge is 2.24. The number of pyridine rings is 1. The van der Waals surface area contributed by atoms with Gasteiger partial charge in [-0.05, 0) is 53.8 Å². The Labute approximate surface area is 175 Å². The predicted octanol–water partition coefficient (Wildman–Crippen LogP) is 3.53. The quantitative estimate of drug-likeness (QED) is 0.590. The SMILES string of the molecule is NC(CC(=O)N[C@@H]1CCc2ccccc21)c1ccc(C(=O)Nc2ccncc2)cc1. The molecule has 2 amide bonds. The molecule has 0 radical (unpaired) electrons. The molecule has 0 spiro atoms. The number of carbonyl (C=O) groups is 2. The zero-order chi connectivity index (χ0) is 20.9. The Morgan fingerprint density at radius 2 is 1.77 bits per heavy atom. The van der Waals surface area contributed by atoms with Crippen molar-refractivity contribution in [2.75, 3.05) is 5.32 Å². The molecule has 1 heterocycles. The summed E-state index contributed by atoms with van der Waals surface area (Å²) in [6.45, 7) is 0. The van der Waals surface area contributed by atoms with E-state index in [1.54, 1.807) is 48.8 Å². The Kier molecular flexibility index (Phi) is 5.86. The third-order valence-electron chi connectivity index (χ3n) is 5.41. The summed E-state index contributed by atoms with van der Waals surface area (Å²) in [4.78, 5) is 28.8. The van der Waals surface area contributed by atoms with Crippen LogP contribution in [0.5, 0.6) is 0 Å². The van der Waals surface area contributed by atoms with Crippen molar-refractivity contribution < 1.29 is 9.59 Å². The number of anilines is 1. The van der Waals surface area contributed by atoms with Crippen molar-refractivity contribution in [1.82, 2.24) is 10.3 Å². The smallest absolute Gasteiger partial charge is 0.255 e. The van der Waals surface area contributed by atoms with Crippen LogP contribution in [0.1, 0.15) is 52.0 Å². The van der Waals surface area contributed by atoms with E-state index in [1.807, 2.05) is 12.1 Å². The largest absolute Gasteiger partial charge is 0.349 e. The molecule has 6 nitrogen and oxygen atoms in total. The molecule has 152 valence electrons. The summed E-state index contributed by atoms with van der Waals surface area (Å²) < 4.78 is 0. The number of aromatic nitrogens is 1. The van der Waals surface area contributed by atoms with Crippen molar-refractivity contribution in [2.24, 2.45) is 5.73 Å². The van der Waals surface area contributed by atoms with Gasteiger partial charge in [-0.2, -0.15) is 0 Å². The number of fused-ring (bicyclic) bond motifs is 1. The maximum atomic E-state index is 12.5. The number of nitrogens with two attached hydrogens (primary N) is 1. The molecule has 0 bridgehead atoms. The van der Waals surface area contributed by atoms with Crippen LogP contribution in [0.2, 0.25) is 0 Å². The van der Waals surface area contributed by atoms with Crippen LogP contribution in [0.3, 0.4) is 0 Å². The highest BCUT2D eigenvalue weighted by molar-refractivity contribution is 6.04. The molecule has 30 heavy (non-hydrogen) atoms. The van der Waals surface area contributed by atoms with E-state index in [0.717, 1.165) is 18.4 Å². The van der Waals surface area contributed by atoms with E-state index in [2.05, 4.69) is 27.8 Å². The monoisotopic (exact) mass is 400 g/mol. The fourth-order valence-corrected chi connectivity index (χ4v) is 3.80. The molecule has 0 saturated carbocycles. The first-order valence-electron chi connectivity index (χ1n) is 10.0. The lowest BCUT2D eigenvalue weighted by Gasteiger charge is -2.17. The number of hydrogen-bond donors (Lipinski definition) is 3. The molecule has 2 atom stereocenters. The first-order chi connectivity index (χ1) is 14.6. The van der Waals surface area contributed by atoms with Crippen LogP contribution < -0.4 is 16.4 Å². The number of rotatable bonds is 6. The van der Waals surface area contributed by atoms with E-state index in [0.29, 0.717) is 11.3 Å². The molecule has 3 aromatic rings. The zero-order valence-electron chi connectivity index (χ0n) is 16.5. The van der Waals surface area contributed by atoms with Crippen LogP contribution in [0.25, 0.3) is 0 Å².